The molecule has 28 heavy (non-hydrogen) atoms. The fourth-order valence-electron chi connectivity index (χ4n) is 2.96. The molecule has 1 saturated heterocycles. The number of nitrogens with zero attached hydrogens (tertiary/aromatic N) is 1. The van der Waals surface area contributed by atoms with Gasteiger partial charge in [0.05, 0.1) is 17.3 Å². The van der Waals surface area contributed by atoms with Crippen LogP contribution in [0.5, 0.6) is 0 Å². The molecule has 6 nitrogen and oxygen atoms in total. The van der Waals surface area contributed by atoms with E-state index in [0.29, 0.717) is 5.69 Å². The molecule has 0 aromatic heterocycles. The van der Waals surface area contributed by atoms with E-state index in [1.807, 2.05) is 18.4 Å². The van der Waals surface area contributed by atoms with Crippen molar-refractivity contribution in [3.8, 4) is 0 Å². The van der Waals surface area contributed by atoms with Gasteiger partial charge in [0.25, 0.3) is 5.91 Å². The third-order valence-corrected chi connectivity index (χ3v) is 5.12. The van der Waals surface area contributed by atoms with E-state index in [2.05, 4.69) is 5.32 Å². The first-order valence-electron chi connectivity index (χ1n) is 8.64. The van der Waals surface area contributed by atoms with E-state index in [-0.39, 0.29) is 24.6 Å². The number of rotatable bonds is 6. The van der Waals surface area contributed by atoms with Crippen molar-refractivity contribution >= 4 is 40.9 Å². The van der Waals surface area contributed by atoms with Crippen LogP contribution in [-0.2, 0) is 19.1 Å². The molecule has 8 heteroatoms. The topological polar surface area (TPSA) is 75.7 Å². The first-order chi connectivity index (χ1) is 13.5. The Hall–Kier alpha value is -2.87. The fraction of sp³-hybridized carbons (Fsp3) is 0.250. The smallest absolute Gasteiger partial charge is 0.311 e. The van der Waals surface area contributed by atoms with Crippen LogP contribution < -0.4 is 10.2 Å². The monoisotopic (exact) mass is 402 g/mol. The van der Waals surface area contributed by atoms with Crippen molar-refractivity contribution in [2.24, 2.45) is 5.92 Å². The van der Waals surface area contributed by atoms with Gasteiger partial charge < -0.3 is 15.0 Å². The number of para-hydroxylation sites is 2. The Labute approximate surface area is 166 Å². The average Bonchev–Trinajstić information content (AvgIpc) is 3.08. The Bertz CT molecular complexity index is 905. The molecule has 0 bridgehead atoms. The van der Waals surface area contributed by atoms with Gasteiger partial charge in [-0.3, -0.25) is 14.4 Å². The average molecular weight is 402 g/mol. The van der Waals surface area contributed by atoms with Crippen molar-refractivity contribution in [2.75, 3.05) is 29.6 Å². The molecular formula is C20H19FN2O4S. The molecule has 2 aromatic rings. The number of amides is 2. The summed E-state index contributed by atoms with van der Waals surface area (Å²) < 4.78 is 19.0. The predicted octanol–water partition coefficient (Wildman–Crippen LogP) is 3.08. The highest BCUT2D eigenvalue weighted by Crippen LogP contribution is 2.28. The normalized spacial score (nSPS) is 16.1. The molecule has 1 N–H and O–H groups in total. The molecule has 0 radical (unpaired) electrons. The molecule has 0 aliphatic carbocycles. The molecule has 0 saturated carbocycles. The van der Waals surface area contributed by atoms with Crippen molar-refractivity contribution in [2.45, 2.75) is 11.3 Å². The van der Waals surface area contributed by atoms with Crippen molar-refractivity contribution in [3.05, 3.63) is 54.3 Å². The summed E-state index contributed by atoms with van der Waals surface area (Å²) >= 11 is 1.49. The van der Waals surface area contributed by atoms with Gasteiger partial charge in [0.15, 0.2) is 6.61 Å². The minimum atomic E-state index is -0.738. The number of ether oxygens (including phenoxy) is 1. The second-order valence-corrected chi connectivity index (χ2v) is 7.06. The zero-order valence-electron chi connectivity index (χ0n) is 15.2. The highest BCUT2D eigenvalue weighted by Gasteiger charge is 2.37. The van der Waals surface area contributed by atoms with E-state index in [0.717, 1.165) is 4.90 Å². The van der Waals surface area contributed by atoms with Gasteiger partial charge in [0.1, 0.15) is 5.82 Å². The van der Waals surface area contributed by atoms with Gasteiger partial charge in [-0.2, -0.15) is 0 Å². The molecule has 1 atom stereocenters. The Morgan fingerprint density at radius 3 is 2.68 bits per heavy atom. The van der Waals surface area contributed by atoms with Gasteiger partial charge in [-0.15, -0.1) is 11.8 Å². The molecule has 146 valence electrons. The Morgan fingerprint density at radius 1 is 1.21 bits per heavy atom. The van der Waals surface area contributed by atoms with Crippen LogP contribution in [0.15, 0.2) is 53.4 Å². The van der Waals surface area contributed by atoms with Crippen molar-refractivity contribution in [1.29, 1.82) is 0 Å². The van der Waals surface area contributed by atoms with Crippen molar-refractivity contribution in [1.82, 2.24) is 0 Å². The molecule has 0 unspecified atom stereocenters. The predicted molar refractivity (Wildman–Crippen MR) is 105 cm³/mol. The molecule has 1 heterocycles. The number of carbonyl (C=O) groups excluding carboxylic acids is 3. The lowest BCUT2D eigenvalue weighted by Gasteiger charge is -2.17. The number of anilines is 2. The van der Waals surface area contributed by atoms with Gasteiger partial charge in [0, 0.05) is 17.9 Å². The van der Waals surface area contributed by atoms with Crippen LogP contribution >= 0.6 is 11.8 Å². The summed E-state index contributed by atoms with van der Waals surface area (Å²) in [5.74, 6) is -2.74. The quantitative estimate of drug-likeness (QED) is 0.594. The van der Waals surface area contributed by atoms with Gasteiger partial charge >= 0.3 is 5.97 Å². The van der Waals surface area contributed by atoms with E-state index < -0.39 is 30.2 Å². The van der Waals surface area contributed by atoms with Crippen LogP contribution in [0.1, 0.15) is 6.42 Å². The van der Waals surface area contributed by atoms with Gasteiger partial charge in [-0.1, -0.05) is 24.3 Å². The Morgan fingerprint density at radius 2 is 1.93 bits per heavy atom. The summed E-state index contributed by atoms with van der Waals surface area (Å²) in [6, 6.07) is 13.2. The first-order valence-corrected chi connectivity index (χ1v) is 9.86. The van der Waals surface area contributed by atoms with Crippen LogP contribution in [-0.4, -0.2) is 37.2 Å². The summed E-state index contributed by atoms with van der Waals surface area (Å²) in [6.45, 7) is -0.429. The number of nitrogens with one attached hydrogen (secondary N) is 1. The number of halogens is 1. The third kappa shape index (κ3) is 4.51. The highest BCUT2D eigenvalue weighted by molar-refractivity contribution is 7.98. The SMILES string of the molecule is CSc1ccccc1NC(=O)COC(=O)[C@@H]1CC(=O)N(c2ccccc2F)C1. The fourth-order valence-corrected chi connectivity index (χ4v) is 3.51. The maximum absolute atomic E-state index is 13.9. The van der Waals surface area contributed by atoms with Crippen LogP contribution in [0, 0.1) is 11.7 Å². The van der Waals surface area contributed by atoms with E-state index in [4.69, 9.17) is 4.74 Å². The Balaban J connectivity index is 1.55. The van der Waals surface area contributed by atoms with E-state index in [9.17, 15) is 18.8 Å². The van der Waals surface area contributed by atoms with Gasteiger partial charge in [0.2, 0.25) is 5.91 Å². The van der Waals surface area contributed by atoms with E-state index in [1.165, 1.54) is 34.9 Å². The minimum Gasteiger partial charge on any atom is -0.455 e. The maximum Gasteiger partial charge on any atom is 0.311 e. The molecule has 1 aliphatic heterocycles. The van der Waals surface area contributed by atoms with Crippen LogP contribution in [0.3, 0.4) is 0 Å². The highest BCUT2D eigenvalue weighted by atomic mass is 32.2. The Kier molecular flexibility index (Phi) is 6.30. The standard InChI is InChI=1S/C20H19FN2O4S/c1-28-17-9-5-3-7-15(17)22-18(24)12-27-20(26)13-10-19(25)23(11-13)16-8-4-2-6-14(16)21/h2-9,13H,10-12H2,1H3,(H,22,24)/t13-/m1/s1. The summed E-state index contributed by atoms with van der Waals surface area (Å²) in [5, 5.41) is 2.69. The number of esters is 1. The minimum absolute atomic E-state index is 0.0233. The molecule has 1 fully saturated rings. The number of thioether (sulfide) groups is 1. The molecular weight excluding hydrogens is 383 g/mol. The largest absolute Gasteiger partial charge is 0.455 e. The first kappa shape index (κ1) is 19.9. The van der Waals surface area contributed by atoms with Gasteiger partial charge in [-0.05, 0) is 30.5 Å². The molecule has 0 spiro atoms. The number of carbonyl (C=O) groups is 3. The van der Waals surface area contributed by atoms with E-state index >= 15 is 0 Å². The van der Waals surface area contributed by atoms with Crippen molar-refractivity contribution < 1.29 is 23.5 Å². The second kappa shape index (κ2) is 8.88. The number of hydrogen-bond acceptors (Lipinski definition) is 5. The molecule has 2 aromatic carbocycles. The molecule has 2 amide bonds. The van der Waals surface area contributed by atoms with Crippen LogP contribution in [0.4, 0.5) is 15.8 Å². The third-order valence-electron chi connectivity index (χ3n) is 4.33. The van der Waals surface area contributed by atoms with Crippen molar-refractivity contribution in [3.63, 3.8) is 0 Å². The number of hydrogen-bond donors (Lipinski definition) is 1. The summed E-state index contributed by atoms with van der Waals surface area (Å²) in [7, 11) is 0. The number of benzene rings is 2. The summed E-state index contributed by atoms with van der Waals surface area (Å²) in [5.41, 5.74) is 0.770. The second-order valence-electron chi connectivity index (χ2n) is 6.21. The van der Waals surface area contributed by atoms with Gasteiger partial charge in [-0.25, -0.2) is 4.39 Å². The van der Waals surface area contributed by atoms with E-state index in [1.54, 1.807) is 18.2 Å². The molecule has 3 rings (SSSR count). The summed E-state index contributed by atoms with van der Waals surface area (Å²) in [6.07, 6.45) is 1.81. The van der Waals surface area contributed by atoms with Crippen LogP contribution in [0.25, 0.3) is 0 Å². The summed E-state index contributed by atoms with van der Waals surface area (Å²) in [4.78, 5) is 38.6. The lowest BCUT2D eigenvalue weighted by atomic mass is 10.1. The van der Waals surface area contributed by atoms with Crippen LogP contribution in [0.2, 0.25) is 0 Å². The zero-order valence-corrected chi connectivity index (χ0v) is 16.0. The molecule has 1 aliphatic rings. The maximum atomic E-state index is 13.9. The lowest BCUT2D eigenvalue weighted by Crippen LogP contribution is -2.28. The zero-order chi connectivity index (χ0) is 20.1. The lowest BCUT2D eigenvalue weighted by molar-refractivity contribution is -0.151.